The van der Waals surface area contributed by atoms with Crippen molar-refractivity contribution < 1.29 is 59.4 Å². The summed E-state index contributed by atoms with van der Waals surface area (Å²) in [7, 11) is 4.24. The molecule has 0 spiro atoms. The minimum atomic E-state index is -1.63. The van der Waals surface area contributed by atoms with Gasteiger partial charge in [-0.15, -0.1) is 0 Å². The number of methoxy groups -OCH3 is 3. The second kappa shape index (κ2) is 12.1. The lowest BCUT2D eigenvalue weighted by Crippen LogP contribution is -2.60. The van der Waals surface area contributed by atoms with Gasteiger partial charge in [0.05, 0.1) is 27.9 Å². The van der Waals surface area contributed by atoms with Gasteiger partial charge in [0.15, 0.2) is 23.0 Å². The maximum absolute atomic E-state index is 10.5. The Hall–Kier alpha value is -2.84. The fourth-order valence-corrected chi connectivity index (χ4v) is 5.54. The van der Waals surface area contributed by atoms with E-state index in [0.717, 1.165) is 5.56 Å². The molecular formula is C27H36O12. The third-order valence-corrected chi connectivity index (χ3v) is 7.67. The first kappa shape index (κ1) is 29.2. The molecule has 1 heterocycles. The van der Waals surface area contributed by atoms with Gasteiger partial charge in [-0.3, -0.25) is 0 Å². The van der Waals surface area contributed by atoms with Crippen molar-refractivity contribution in [1.29, 1.82) is 0 Å². The van der Waals surface area contributed by atoms with Crippen molar-refractivity contribution in [3.05, 3.63) is 41.0 Å². The predicted octanol–water partition coefficient (Wildman–Crippen LogP) is -0.498. The van der Waals surface area contributed by atoms with E-state index in [9.17, 15) is 35.7 Å². The first-order valence-corrected chi connectivity index (χ1v) is 12.6. The van der Waals surface area contributed by atoms with Crippen molar-refractivity contribution in [3.8, 4) is 28.7 Å². The summed E-state index contributed by atoms with van der Waals surface area (Å²) in [5.74, 6) is -0.676. The molecule has 216 valence electrons. The lowest BCUT2D eigenvalue weighted by molar-refractivity contribution is -0.277. The molecule has 1 aliphatic carbocycles. The molecule has 39 heavy (non-hydrogen) atoms. The van der Waals surface area contributed by atoms with Gasteiger partial charge in [0.2, 0.25) is 12.0 Å². The van der Waals surface area contributed by atoms with Crippen LogP contribution in [0.25, 0.3) is 0 Å². The Kier molecular flexibility index (Phi) is 9.07. The third kappa shape index (κ3) is 5.33. The number of ether oxygens (including phenoxy) is 5. The zero-order valence-electron chi connectivity index (χ0n) is 21.9. The van der Waals surface area contributed by atoms with Gasteiger partial charge in [0, 0.05) is 19.1 Å². The van der Waals surface area contributed by atoms with Gasteiger partial charge >= 0.3 is 0 Å². The van der Waals surface area contributed by atoms with Crippen LogP contribution in [0.3, 0.4) is 0 Å². The van der Waals surface area contributed by atoms with E-state index in [2.05, 4.69) is 0 Å². The number of rotatable bonds is 9. The summed E-state index contributed by atoms with van der Waals surface area (Å²) in [6, 6.07) is 6.67. The molecule has 0 saturated carbocycles. The van der Waals surface area contributed by atoms with Crippen LogP contribution in [0, 0.1) is 11.8 Å². The summed E-state index contributed by atoms with van der Waals surface area (Å²) in [5.41, 5.74) is 2.17. The summed E-state index contributed by atoms with van der Waals surface area (Å²) in [6.07, 6.45) is -6.98. The molecule has 0 unspecified atom stereocenters. The third-order valence-electron chi connectivity index (χ3n) is 7.67. The van der Waals surface area contributed by atoms with Gasteiger partial charge in [-0.05, 0) is 59.2 Å². The van der Waals surface area contributed by atoms with E-state index in [0.29, 0.717) is 17.5 Å². The van der Waals surface area contributed by atoms with Gasteiger partial charge in [0.1, 0.15) is 24.4 Å². The number of hydrogen-bond donors (Lipinski definition) is 7. The van der Waals surface area contributed by atoms with Crippen LogP contribution in [0.4, 0.5) is 0 Å². The summed E-state index contributed by atoms with van der Waals surface area (Å²) in [5, 5.41) is 71.4. The van der Waals surface area contributed by atoms with Crippen molar-refractivity contribution in [2.24, 2.45) is 11.8 Å². The highest BCUT2D eigenvalue weighted by atomic mass is 16.7. The van der Waals surface area contributed by atoms with Crippen LogP contribution in [0.2, 0.25) is 0 Å². The minimum Gasteiger partial charge on any atom is -0.502 e. The van der Waals surface area contributed by atoms with Gasteiger partial charge in [0.25, 0.3) is 0 Å². The number of aromatic hydroxyl groups is 1. The molecule has 2 aliphatic rings. The highest BCUT2D eigenvalue weighted by Gasteiger charge is 2.45. The van der Waals surface area contributed by atoms with Gasteiger partial charge in [-0.1, -0.05) is 0 Å². The standard InChI is InChI=1S/C27H36O12/c1-35-17-5-12-4-14(9-28)16(10-29)22(13-6-19(36-2)23(31)20(7-13)37-3)15(12)8-18(17)38-27-26(34)25(33)24(32)21(11-30)39-27/h5-8,14,16,21-22,24-34H,4,9-11H2,1-3H3/t14-,16-,21+,22-,24+,25-,26+,27+/m0/s1. The number of hydrogen-bond acceptors (Lipinski definition) is 12. The molecular weight excluding hydrogens is 516 g/mol. The fourth-order valence-electron chi connectivity index (χ4n) is 5.54. The van der Waals surface area contributed by atoms with Crippen molar-refractivity contribution in [1.82, 2.24) is 0 Å². The second-order valence-electron chi connectivity index (χ2n) is 9.76. The monoisotopic (exact) mass is 552 g/mol. The number of benzene rings is 2. The zero-order valence-corrected chi connectivity index (χ0v) is 21.9. The normalized spacial score (nSPS) is 30.4. The van der Waals surface area contributed by atoms with E-state index < -0.39 is 49.1 Å². The first-order chi connectivity index (χ1) is 18.7. The zero-order chi connectivity index (χ0) is 28.4. The molecule has 0 bridgehead atoms. The lowest BCUT2D eigenvalue weighted by Gasteiger charge is -2.41. The van der Waals surface area contributed by atoms with Gasteiger partial charge < -0.3 is 59.4 Å². The topological polar surface area (TPSA) is 188 Å². The molecule has 1 saturated heterocycles. The van der Waals surface area contributed by atoms with Crippen LogP contribution in [0.5, 0.6) is 28.7 Å². The van der Waals surface area contributed by atoms with E-state index in [-0.39, 0.29) is 47.9 Å². The summed E-state index contributed by atoms with van der Waals surface area (Å²) in [6.45, 7) is -1.05. The second-order valence-corrected chi connectivity index (χ2v) is 9.76. The molecule has 0 radical (unpaired) electrons. The number of fused-ring (bicyclic) bond motifs is 1. The van der Waals surface area contributed by atoms with Gasteiger partial charge in [-0.2, -0.15) is 0 Å². The van der Waals surface area contributed by atoms with Crippen LogP contribution in [0.15, 0.2) is 24.3 Å². The Labute approximate surface area is 225 Å². The summed E-state index contributed by atoms with van der Waals surface area (Å²) < 4.78 is 27.7. The molecule has 2 aromatic rings. The number of phenols is 1. The summed E-state index contributed by atoms with van der Waals surface area (Å²) in [4.78, 5) is 0. The molecule has 12 nitrogen and oxygen atoms in total. The maximum Gasteiger partial charge on any atom is 0.229 e. The molecule has 1 fully saturated rings. The number of aliphatic hydroxyl groups is 6. The molecule has 2 aromatic carbocycles. The molecule has 0 aromatic heterocycles. The maximum atomic E-state index is 10.5. The number of phenolic OH excluding ortho intramolecular Hbond substituents is 1. The van der Waals surface area contributed by atoms with E-state index >= 15 is 0 Å². The highest BCUT2D eigenvalue weighted by Crippen LogP contribution is 2.50. The molecule has 8 atom stereocenters. The summed E-state index contributed by atoms with van der Waals surface area (Å²) >= 11 is 0. The molecule has 12 heteroatoms. The van der Waals surface area contributed by atoms with Crippen LogP contribution < -0.4 is 18.9 Å². The van der Waals surface area contributed by atoms with Crippen molar-refractivity contribution in [2.45, 2.75) is 43.0 Å². The van der Waals surface area contributed by atoms with Gasteiger partial charge in [-0.25, -0.2) is 0 Å². The molecule has 4 rings (SSSR count). The smallest absolute Gasteiger partial charge is 0.229 e. The van der Waals surface area contributed by atoms with Crippen LogP contribution in [-0.2, 0) is 11.2 Å². The highest BCUT2D eigenvalue weighted by molar-refractivity contribution is 5.58. The Morgan fingerprint density at radius 2 is 1.41 bits per heavy atom. The predicted molar refractivity (Wildman–Crippen MR) is 135 cm³/mol. The average molecular weight is 553 g/mol. The van der Waals surface area contributed by atoms with Crippen molar-refractivity contribution >= 4 is 0 Å². The van der Waals surface area contributed by atoms with Crippen LogP contribution >= 0.6 is 0 Å². The molecule has 0 amide bonds. The van der Waals surface area contributed by atoms with E-state index in [1.54, 1.807) is 24.3 Å². The van der Waals surface area contributed by atoms with Crippen LogP contribution in [-0.4, -0.2) is 108 Å². The largest absolute Gasteiger partial charge is 0.502 e. The first-order valence-electron chi connectivity index (χ1n) is 12.6. The average Bonchev–Trinajstić information content (AvgIpc) is 2.96. The van der Waals surface area contributed by atoms with Crippen LogP contribution in [0.1, 0.15) is 22.6 Å². The van der Waals surface area contributed by atoms with Crippen molar-refractivity contribution in [2.75, 3.05) is 41.2 Å². The Balaban J connectivity index is 1.83. The lowest BCUT2D eigenvalue weighted by atomic mass is 9.67. The molecule has 7 N–H and O–H groups in total. The Morgan fingerprint density at radius 1 is 0.769 bits per heavy atom. The quantitative estimate of drug-likeness (QED) is 0.212. The fraction of sp³-hybridized carbons (Fsp3) is 0.556. The minimum absolute atomic E-state index is 0.141. The van der Waals surface area contributed by atoms with Crippen molar-refractivity contribution in [3.63, 3.8) is 0 Å². The Bertz CT molecular complexity index is 1110. The SMILES string of the molecule is COc1cc2c(cc1O[C@@H]1O[C@H](CO)[C@@H](O)[C@H](O)[C@H]1O)[C@H](c1cc(OC)c(O)c(OC)c1)[C@@H](CO)[C@H](CO)C2. The molecule has 1 aliphatic heterocycles. The Morgan fingerprint density at radius 3 is 1.95 bits per heavy atom. The van der Waals surface area contributed by atoms with E-state index in [1.165, 1.54) is 21.3 Å². The number of aliphatic hydroxyl groups excluding tert-OH is 6. The van der Waals surface area contributed by atoms with E-state index in [1.807, 2.05) is 0 Å². The van der Waals surface area contributed by atoms with E-state index in [4.69, 9.17) is 23.7 Å².